The van der Waals surface area contributed by atoms with Crippen molar-refractivity contribution < 1.29 is 39.5 Å². The molecule has 0 saturated carbocycles. The van der Waals surface area contributed by atoms with Gasteiger partial charge in [-0.05, 0) is 17.1 Å². The van der Waals surface area contributed by atoms with E-state index in [1.165, 1.54) is 0 Å². The Morgan fingerprint density at radius 1 is 0.714 bits per heavy atom. The van der Waals surface area contributed by atoms with Gasteiger partial charge in [0.05, 0.1) is 19.2 Å². The molecule has 0 radical (unpaired) electrons. The standard InChI is InChI=1S/C31H34F8OSi2/c1-6-41(7-2,8-3)14-15-42(18(4)5,17-19-12-10-9-11-13-19)40-30-27(35)23-22-24(20(32)16-21(33)26(22)34)31(38,39)25(23)28(36)29(30)37/h9-13,16,18H,6-8,14-15,17H2,1-5H3. The number of benzene rings is 3. The first-order valence-electron chi connectivity index (χ1n) is 14.2. The Hall–Kier alpha value is -2.67. The van der Waals surface area contributed by atoms with Crippen molar-refractivity contribution in [3.63, 3.8) is 0 Å². The molecule has 228 valence electrons. The van der Waals surface area contributed by atoms with Crippen molar-refractivity contribution in [1.82, 2.24) is 0 Å². The molecular formula is C31H34F8OSi2. The highest BCUT2D eigenvalue weighted by Crippen LogP contribution is 2.57. The summed E-state index contributed by atoms with van der Waals surface area (Å²) in [6.45, 7) is 10.0. The summed E-state index contributed by atoms with van der Waals surface area (Å²) in [5.41, 5.74) is -5.97. The third-order valence-electron chi connectivity index (χ3n) is 9.36. The summed E-state index contributed by atoms with van der Waals surface area (Å²) >= 11 is 0. The zero-order chi connectivity index (χ0) is 31.2. The van der Waals surface area contributed by atoms with E-state index in [2.05, 4.69) is 20.8 Å². The Bertz CT molecular complexity index is 1470. The lowest BCUT2D eigenvalue weighted by Crippen LogP contribution is -2.50. The van der Waals surface area contributed by atoms with Gasteiger partial charge >= 0.3 is 5.92 Å². The Kier molecular flexibility index (Phi) is 9.05. The molecule has 0 amide bonds. The van der Waals surface area contributed by atoms with Crippen LogP contribution in [0, 0.1) is 34.9 Å². The molecule has 3 aromatic carbocycles. The number of hydrogen-bond donors (Lipinski definition) is 0. The molecule has 11 heteroatoms. The molecule has 0 aromatic heterocycles. The topological polar surface area (TPSA) is 9.23 Å². The highest BCUT2D eigenvalue weighted by molar-refractivity contribution is 6.83. The molecule has 4 rings (SSSR count). The van der Waals surface area contributed by atoms with Gasteiger partial charge in [-0.15, -0.1) is 0 Å². The van der Waals surface area contributed by atoms with Crippen LogP contribution < -0.4 is 4.43 Å². The van der Waals surface area contributed by atoms with Gasteiger partial charge in [-0.1, -0.05) is 89.1 Å². The zero-order valence-electron chi connectivity index (χ0n) is 24.2. The normalized spacial score (nSPS) is 15.5. The molecule has 1 nitrogen and oxygen atoms in total. The fraction of sp³-hybridized carbons (Fsp3) is 0.419. The van der Waals surface area contributed by atoms with E-state index in [-0.39, 0.29) is 17.7 Å². The molecule has 1 aliphatic carbocycles. The number of fused-ring (bicyclic) bond motifs is 3. The van der Waals surface area contributed by atoms with Gasteiger partial charge in [0.25, 0.3) is 8.32 Å². The second-order valence-electron chi connectivity index (χ2n) is 11.5. The molecule has 1 aliphatic rings. The molecule has 0 spiro atoms. The SMILES string of the molecule is CC[Si](CC)(CC)CC[Si](Cc1ccccc1)(Oc1c(F)c(F)c2c(c1F)-c1c(F)c(F)cc(F)c1C2(F)F)C(C)C. The highest BCUT2D eigenvalue weighted by Gasteiger charge is 2.55. The Morgan fingerprint density at radius 3 is 1.83 bits per heavy atom. The van der Waals surface area contributed by atoms with Gasteiger partial charge in [-0.25, -0.2) is 22.0 Å². The Morgan fingerprint density at radius 2 is 1.29 bits per heavy atom. The highest BCUT2D eigenvalue weighted by atomic mass is 28.4. The van der Waals surface area contributed by atoms with Crippen molar-refractivity contribution in [3.05, 3.63) is 88.0 Å². The molecule has 1 atom stereocenters. The van der Waals surface area contributed by atoms with Crippen LogP contribution in [0.2, 0.25) is 35.8 Å². The van der Waals surface area contributed by atoms with Crippen LogP contribution in [0.3, 0.4) is 0 Å². The average Bonchev–Trinajstić information content (AvgIpc) is 3.22. The van der Waals surface area contributed by atoms with Gasteiger partial charge in [-0.2, -0.15) is 13.2 Å². The van der Waals surface area contributed by atoms with Crippen molar-refractivity contribution in [2.45, 2.75) is 82.3 Å². The van der Waals surface area contributed by atoms with Gasteiger partial charge in [0.15, 0.2) is 29.0 Å². The molecule has 0 N–H and O–H groups in total. The first kappa shape index (κ1) is 32.3. The van der Waals surface area contributed by atoms with Crippen LogP contribution >= 0.6 is 0 Å². The van der Waals surface area contributed by atoms with Crippen LogP contribution in [-0.2, 0) is 12.0 Å². The third-order valence-corrected chi connectivity index (χ3v) is 20.5. The van der Waals surface area contributed by atoms with Crippen LogP contribution in [0.4, 0.5) is 35.1 Å². The molecule has 0 saturated heterocycles. The van der Waals surface area contributed by atoms with Crippen molar-refractivity contribution in [2.24, 2.45) is 0 Å². The monoisotopic (exact) mass is 630 g/mol. The first-order chi connectivity index (χ1) is 19.7. The average molecular weight is 631 g/mol. The molecule has 1 unspecified atom stereocenters. The fourth-order valence-corrected chi connectivity index (χ4v) is 15.7. The van der Waals surface area contributed by atoms with Crippen LogP contribution in [-0.4, -0.2) is 16.4 Å². The Labute approximate surface area is 243 Å². The van der Waals surface area contributed by atoms with E-state index in [4.69, 9.17) is 4.43 Å². The molecular weight excluding hydrogens is 596 g/mol. The van der Waals surface area contributed by atoms with Crippen molar-refractivity contribution in [3.8, 4) is 16.9 Å². The Balaban J connectivity index is 1.96. The van der Waals surface area contributed by atoms with Crippen LogP contribution in [0.25, 0.3) is 11.1 Å². The third kappa shape index (κ3) is 5.20. The minimum absolute atomic E-state index is 0.126. The number of hydrogen-bond acceptors (Lipinski definition) is 1. The number of rotatable bonds is 11. The lowest BCUT2D eigenvalue weighted by atomic mass is 10.0. The van der Waals surface area contributed by atoms with E-state index in [1.54, 1.807) is 12.1 Å². The molecule has 0 aliphatic heterocycles. The minimum atomic E-state index is -4.65. The summed E-state index contributed by atoms with van der Waals surface area (Å²) in [5.74, 6) is -17.7. The summed E-state index contributed by atoms with van der Waals surface area (Å²) in [6, 6.07) is 13.4. The van der Waals surface area contributed by atoms with E-state index in [1.807, 2.05) is 32.0 Å². The van der Waals surface area contributed by atoms with E-state index >= 15 is 22.0 Å². The van der Waals surface area contributed by atoms with Gasteiger partial charge in [0, 0.05) is 23.2 Å². The largest absolute Gasteiger partial charge is 0.539 e. The molecule has 0 heterocycles. The summed E-state index contributed by atoms with van der Waals surface area (Å²) in [7, 11) is -5.12. The predicted molar refractivity (Wildman–Crippen MR) is 153 cm³/mol. The second kappa shape index (κ2) is 11.8. The maximum Gasteiger partial charge on any atom is 0.305 e. The fourth-order valence-electron chi connectivity index (χ4n) is 6.21. The van der Waals surface area contributed by atoms with Crippen LogP contribution in [0.1, 0.15) is 51.3 Å². The van der Waals surface area contributed by atoms with Gasteiger partial charge in [-0.3, -0.25) is 0 Å². The summed E-state index contributed by atoms with van der Waals surface area (Å²) in [4.78, 5) is 0. The quantitative estimate of drug-likeness (QED) is 0.116. The predicted octanol–water partition coefficient (Wildman–Crippen LogP) is 10.7. The minimum Gasteiger partial charge on any atom is -0.539 e. The number of halogens is 8. The van der Waals surface area contributed by atoms with E-state index in [0.717, 1.165) is 29.7 Å². The van der Waals surface area contributed by atoms with Crippen molar-refractivity contribution >= 4 is 16.4 Å². The zero-order valence-corrected chi connectivity index (χ0v) is 26.2. The summed E-state index contributed by atoms with van der Waals surface area (Å²) < 4.78 is 128. The molecule has 3 aromatic rings. The van der Waals surface area contributed by atoms with E-state index in [9.17, 15) is 13.2 Å². The maximum absolute atomic E-state index is 16.2. The van der Waals surface area contributed by atoms with Gasteiger partial charge in [0.2, 0.25) is 5.82 Å². The first-order valence-corrected chi connectivity index (χ1v) is 19.4. The number of alkyl halides is 2. The second-order valence-corrected chi connectivity index (χ2v) is 21.5. The lowest BCUT2D eigenvalue weighted by molar-refractivity contribution is 0.0391. The smallest absolute Gasteiger partial charge is 0.305 e. The lowest BCUT2D eigenvalue weighted by Gasteiger charge is -2.39. The summed E-state index contributed by atoms with van der Waals surface area (Å²) in [5, 5.41) is 0. The van der Waals surface area contributed by atoms with E-state index in [0.29, 0.717) is 6.04 Å². The van der Waals surface area contributed by atoms with Gasteiger partial charge in [0.1, 0.15) is 5.82 Å². The summed E-state index contributed by atoms with van der Waals surface area (Å²) in [6.07, 6.45) is 0. The van der Waals surface area contributed by atoms with Gasteiger partial charge < -0.3 is 4.43 Å². The van der Waals surface area contributed by atoms with Crippen LogP contribution in [0.15, 0.2) is 36.4 Å². The molecule has 42 heavy (non-hydrogen) atoms. The molecule has 0 fully saturated rings. The maximum atomic E-state index is 16.2. The van der Waals surface area contributed by atoms with Crippen molar-refractivity contribution in [1.29, 1.82) is 0 Å². The van der Waals surface area contributed by atoms with Crippen molar-refractivity contribution in [2.75, 3.05) is 0 Å². The molecule has 0 bridgehead atoms. The van der Waals surface area contributed by atoms with E-state index < -0.39 is 85.2 Å². The van der Waals surface area contributed by atoms with Crippen LogP contribution in [0.5, 0.6) is 5.75 Å².